The van der Waals surface area contributed by atoms with Crippen LogP contribution in [0.1, 0.15) is 120 Å². The summed E-state index contributed by atoms with van der Waals surface area (Å²) in [5.74, 6) is -1.02. The van der Waals surface area contributed by atoms with Crippen LogP contribution in [-0.4, -0.2) is 22.6 Å². The first kappa shape index (κ1) is 37.5. The summed E-state index contributed by atoms with van der Waals surface area (Å²) in [7, 11) is 0. The normalized spacial score (nSPS) is 14.6. The topological polar surface area (TPSA) is 63.6 Å². The minimum Gasteiger partial charge on any atom is -0.481 e. The first-order chi connectivity index (χ1) is 17.6. The molecule has 0 rings (SSSR count). The van der Waals surface area contributed by atoms with Gasteiger partial charge in [0.1, 0.15) is 5.60 Å². The van der Waals surface area contributed by atoms with E-state index in [2.05, 4.69) is 79.0 Å². The number of hydrogen-bond donors (Lipinski definition) is 1. The molecule has 0 radical (unpaired) electrons. The molecule has 0 amide bonds. The number of aliphatic carboxylic acids is 1. The molecule has 0 aromatic heterocycles. The number of carbonyl (C=O) groups is 2. The quantitative estimate of drug-likeness (QED) is 0.151. The molecule has 0 fully saturated rings. The molecule has 0 aliphatic rings. The van der Waals surface area contributed by atoms with Crippen molar-refractivity contribution >= 4 is 11.9 Å². The fraction of sp³-hybridized carbons (Fsp3) is 0.588. The number of rotatable bonds is 17. The van der Waals surface area contributed by atoms with Gasteiger partial charge in [0, 0.05) is 6.92 Å². The summed E-state index contributed by atoms with van der Waals surface area (Å²) in [5, 5.41) is 8.89. The molecule has 0 heterocycles. The molecule has 4 heteroatoms. The molecular weight excluding hydrogens is 472 g/mol. The van der Waals surface area contributed by atoms with Gasteiger partial charge in [0.05, 0.1) is 6.42 Å². The van der Waals surface area contributed by atoms with E-state index in [1.54, 1.807) is 12.2 Å². The summed E-state index contributed by atoms with van der Waals surface area (Å²) in [6, 6.07) is 0. The highest BCUT2D eigenvalue weighted by atomic mass is 16.6. The Kier molecular flexibility index (Phi) is 20.1. The molecular formula is C34H56O4. The van der Waals surface area contributed by atoms with Crippen LogP contribution in [0.5, 0.6) is 0 Å². The monoisotopic (exact) mass is 528 g/mol. The summed E-state index contributed by atoms with van der Waals surface area (Å²) >= 11 is 0. The molecule has 2 unspecified atom stereocenters. The Morgan fingerprint density at radius 2 is 1.16 bits per heavy atom. The van der Waals surface area contributed by atoms with E-state index < -0.39 is 11.6 Å². The third kappa shape index (κ3) is 22.6. The van der Waals surface area contributed by atoms with Crippen molar-refractivity contribution in [3.8, 4) is 0 Å². The number of ether oxygens (including phenoxy) is 1. The molecule has 0 spiro atoms. The maximum atomic E-state index is 11.0. The Labute approximate surface area is 234 Å². The second-order valence-electron chi connectivity index (χ2n) is 11.4. The van der Waals surface area contributed by atoms with Crippen LogP contribution in [0.4, 0.5) is 0 Å². The van der Waals surface area contributed by atoms with Crippen LogP contribution >= 0.6 is 0 Å². The van der Waals surface area contributed by atoms with Crippen LogP contribution in [0.2, 0.25) is 0 Å². The summed E-state index contributed by atoms with van der Waals surface area (Å²) in [6.07, 6.45) is 20.3. The van der Waals surface area contributed by atoms with Crippen molar-refractivity contribution in [2.45, 2.75) is 126 Å². The highest BCUT2D eigenvalue weighted by Gasteiger charge is 2.23. The van der Waals surface area contributed by atoms with E-state index in [0.29, 0.717) is 0 Å². The van der Waals surface area contributed by atoms with Gasteiger partial charge in [-0.3, -0.25) is 9.59 Å². The molecule has 216 valence electrons. The average Bonchev–Trinajstić information content (AvgIpc) is 2.78. The number of hydrogen-bond acceptors (Lipinski definition) is 3. The lowest BCUT2D eigenvalue weighted by atomic mass is 9.82. The van der Waals surface area contributed by atoms with E-state index in [1.807, 2.05) is 13.8 Å². The molecule has 0 aliphatic heterocycles. The van der Waals surface area contributed by atoms with Gasteiger partial charge in [-0.1, -0.05) is 66.2 Å². The summed E-state index contributed by atoms with van der Waals surface area (Å²) in [4.78, 5) is 21.8. The number of esters is 1. The number of carboxylic acid groups (broad SMARTS) is 1. The molecule has 4 nitrogen and oxygen atoms in total. The highest BCUT2D eigenvalue weighted by molar-refractivity contribution is 5.68. The van der Waals surface area contributed by atoms with E-state index in [0.717, 1.165) is 51.4 Å². The van der Waals surface area contributed by atoms with Crippen molar-refractivity contribution in [3.63, 3.8) is 0 Å². The van der Waals surface area contributed by atoms with Crippen LogP contribution < -0.4 is 0 Å². The zero-order chi connectivity index (χ0) is 29.8. The van der Waals surface area contributed by atoms with Gasteiger partial charge in [-0.2, -0.15) is 0 Å². The standard InChI is InChI=1S/2C17H28O2/c1-7-17(6,19-16(5)18)13-9-12-15(4)11-8-10-14(2)3;1-6-17(5,13-16(18)19)12-8-11-15(4)10-7-9-14(2)3/h7,10,12H,1,8-9,11,13H2,2-6H3;6,9,11H,1,7-8,10,12-13H2,2-5H3,(H,18,19)/b;15-11-. The zero-order valence-electron chi connectivity index (χ0n) is 25.9. The van der Waals surface area contributed by atoms with Crippen LogP contribution in [0.3, 0.4) is 0 Å². The lowest BCUT2D eigenvalue weighted by Gasteiger charge is -2.24. The Balaban J connectivity index is 0. The molecule has 0 saturated carbocycles. The Morgan fingerprint density at radius 1 is 0.711 bits per heavy atom. The number of allylic oxidation sites excluding steroid dienone is 9. The average molecular weight is 529 g/mol. The van der Waals surface area contributed by atoms with E-state index >= 15 is 0 Å². The Bertz CT molecular complexity index is 791. The second kappa shape index (κ2) is 20.4. The van der Waals surface area contributed by atoms with Crippen LogP contribution in [0.15, 0.2) is 71.9 Å². The molecule has 38 heavy (non-hydrogen) atoms. The van der Waals surface area contributed by atoms with Gasteiger partial charge in [-0.15, -0.1) is 6.58 Å². The van der Waals surface area contributed by atoms with Crippen molar-refractivity contribution in [1.82, 2.24) is 0 Å². The molecule has 0 bridgehead atoms. The molecule has 2 atom stereocenters. The number of carboxylic acids is 1. The minimum absolute atomic E-state index is 0.154. The Hall–Kier alpha value is -2.62. The largest absolute Gasteiger partial charge is 0.481 e. The van der Waals surface area contributed by atoms with Crippen molar-refractivity contribution in [3.05, 3.63) is 71.9 Å². The fourth-order valence-corrected chi connectivity index (χ4v) is 3.77. The molecule has 0 aromatic carbocycles. The van der Waals surface area contributed by atoms with Crippen molar-refractivity contribution in [2.75, 3.05) is 0 Å². The zero-order valence-corrected chi connectivity index (χ0v) is 25.9. The lowest BCUT2D eigenvalue weighted by Crippen LogP contribution is -2.27. The summed E-state index contributed by atoms with van der Waals surface area (Å²) < 4.78 is 5.29. The summed E-state index contributed by atoms with van der Waals surface area (Å²) in [5.41, 5.74) is 4.62. The second-order valence-corrected chi connectivity index (χ2v) is 11.4. The highest BCUT2D eigenvalue weighted by Crippen LogP contribution is 2.29. The fourth-order valence-electron chi connectivity index (χ4n) is 3.77. The maximum Gasteiger partial charge on any atom is 0.304 e. The Morgan fingerprint density at radius 3 is 1.50 bits per heavy atom. The van der Waals surface area contributed by atoms with Crippen molar-refractivity contribution in [1.29, 1.82) is 0 Å². The van der Waals surface area contributed by atoms with Gasteiger partial charge in [0.2, 0.25) is 0 Å². The predicted octanol–water partition coefficient (Wildman–Crippen LogP) is 10.1. The number of carbonyl (C=O) groups excluding carboxylic acids is 1. The van der Waals surface area contributed by atoms with Crippen LogP contribution in [0, 0.1) is 5.41 Å². The van der Waals surface area contributed by atoms with E-state index in [4.69, 9.17) is 9.84 Å². The summed E-state index contributed by atoms with van der Waals surface area (Å²) in [6.45, 7) is 25.5. The third-order valence-corrected chi connectivity index (χ3v) is 6.38. The minimum atomic E-state index is -0.758. The van der Waals surface area contributed by atoms with Crippen molar-refractivity contribution in [2.24, 2.45) is 5.41 Å². The molecule has 0 aromatic rings. The third-order valence-electron chi connectivity index (χ3n) is 6.38. The van der Waals surface area contributed by atoms with E-state index in [1.165, 1.54) is 29.2 Å². The van der Waals surface area contributed by atoms with Gasteiger partial charge >= 0.3 is 11.9 Å². The van der Waals surface area contributed by atoms with Gasteiger partial charge < -0.3 is 9.84 Å². The predicted molar refractivity (Wildman–Crippen MR) is 164 cm³/mol. The molecule has 0 saturated heterocycles. The SMILES string of the molecule is C=CC(C)(CC/C=C(/C)CCC=C(C)C)CC(=O)O.C=CC(C)(CCC=C(C)CCC=C(C)C)OC(C)=O. The smallest absolute Gasteiger partial charge is 0.304 e. The molecule has 1 N–H and O–H groups in total. The van der Waals surface area contributed by atoms with Crippen LogP contribution in [-0.2, 0) is 14.3 Å². The first-order valence-electron chi connectivity index (χ1n) is 13.8. The van der Waals surface area contributed by atoms with Gasteiger partial charge in [0.25, 0.3) is 0 Å². The van der Waals surface area contributed by atoms with Gasteiger partial charge in [0.15, 0.2) is 0 Å². The van der Waals surface area contributed by atoms with Gasteiger partial charge in [-0.05, 0) is 111 Å². The van der Waals surface area contributed by atoms with E-state index in [9.17, 15) is 9.59 Å². The molecule has 0 aliphatic carbocycles. The van der Waals surface area contributed by atoms with E-state index in [-0.39, 0.29) is 17.8 Å². The van der Waals surface area contributed by atoms with Crippen molar-refractivity contribution < 1.29 is 19.4 Å². The first-order valence-corrected chi connectivity index (χ1v) is 13.8. The van der Waals surface area contributed by atoms with Crippen LogP contribution in [0.25, 0.3) is 0 Å². The van der Waals surface area contributed by atoms with Gasteiger partial charge in [-0.25, -0.2) is 0 Å². The maximum absolute atomic E-state index is 11.0. The lowest BCUT2D eigenvalue weighted by molar-refractivity contribution is -0.151.